The minimum absolute atomic E-state index is 0.562. The Kier molecular flexibility index (Phi) is 5.01. The van der Waals surface area contributed by atoms with Crippen LogP contribution in [0.1, 0.15) is 33.1 Å². The zero-order valence-corrected chi connectivity index (χ0v) is 10.5. The maximum atomic E-state index is 11.1. The summed E-state index contributed by atoms with van der Waals surface area (Å²) in [7, 11) is 0. The monoisotopic (exact) mass is 236 g/mol. The van der Waals surface area contributed by atoms with Crippen molar-refractivity contribution in [2.75, 3.05) is 6.61 Å². The maximum absolute atomic E-state index is 11.1. The lowest BCUT2D eigenvalue weighted by Crippen LogP contribution is -2.27. The molecule has 0 aromatic heterocycles. The van der Waals surface area contributed by atoms with E-state index in [0.29, 0.717) is 19.4 Å². The van der Waals surface area contributed by atoms with E-state index in [9.17, 15) is 4.79 Å². The number of benzene rings is 1. The van der Waals surface area contributed by atoms with Crippen LogP contribution in [0.5, 0.6) is 5.75 Å². The van der Waals surface area contributed by atoms with Crippen molar-refractivity contribution in [3.8, 4) is 5.75 Å². The minimum Gasteiger partial charge on any atom is -0.494 e. The molecule has 0 saturated heterocycles. The molecule has 0 fully saturated rings. The number of carboxylic acid groups (broad SMARTS) is 1. The summed E-state index contributed by atoms with van der Waals surface area (Å²) in [5.74, 6) is 0.112. The number of aliphatic carboxylic acids is 1. The van der Waals surface area contributed by atoms with Gasteiger partial charge in [-0.3, -0.25) is 4.79 Å². The van der Waals surface area contributed by atoms with Crippen LogP contribution >= 0.6 is 0 Å². The van der Waals surface area contributed by atoms with Crippen LogP contribution in [0, 0.1) is 5.41 Å². The van der Waals surface area contributed by atoms with Gasteiger partial charge in [-0.05, 0) is 38.3 Å². The predicted octanol–water partition coefficient (Wildman–Crippen LogP) is 3.35. The molecule has 0 aliphatic carbocycles. The number of hydrogen-bond acceptors (Lipinski definition) is 2. The smallest absolute Gasteiger partial charge is 0.309 e. The maximum Gasteiger partial charge on any atom is 0.309 e. The van der Waals surface area contributed by atoms with Gasteiger partial charge >= 0.3 is 5.97 Å². The standard InChI is InChI=1S/C14H20O3/c1-3-14(2,13(15)16)10-7-11-17-12-8-5-4-6-9-12/h4-6,8-9H,3,7,10-11H2,1-2H3,(H,15,16). The summed E-state index contributed by atoms with van der Waals surface area (Å²) in [5, 5.41) is 9.11. The van der Waals surface area contributed by atoms with Gasteiger partial charge in [-0.1, -0.05) is 25.1 Å². The number of para-hydroxylation sites is 1. The third-order valence-electron chi connectivity index (χ3n) is 3.18. The fraction of sp³-hybridized carbons (Fsp3) is 0.500. The topological polar surface area (TPSA) is 46.5 Å². The summed E-state index contributed by atoms with van der Waals surface area (Å²) in [6.07, 6.45) is 2.05. The van der Waals surface area contributed by atoms with Gasteiger partial charge in [0.05, 0.1) is 12.0 Å². The summed E-state index contributed by atoms with van der Waals surface area (Å²) in [5.41, 5.74) is -0.625. The molecular formula is C14H20O3. The Morgan fingerprint density at radius 2 is 2.00 bits per heavy atom. The first-order chi connectivity index (χ1) is 8.08. The average molecular weight is 236 g/mol. The number of ether oxygens (including phenoxy) is 1. The molecule has 0 bridgehead atoms. The van der Waals surface area contributed by atoms with Gasteiger partial charge in [0.2, 0.25) is 0 Å². The first-order valence-electron chi connectivity index (χ1n) is 6.00. The molecule has 1 unspecified atom stereocenters. The van der Waals surface area contributed by atoms with Gasteiger partial charge in [-0.15, -0.1) is 0 Å². The highest BCUT2D eigenvalue weighted by Gasteiger charge is 2.30. The Balaban J connectivity index is 2.31. The molecule has 1 N–H and O–H groups in total. The van der Waals surface area contributed by atoms with Crippen LogP contribution in [0.3, 0.4) is 0 Å². The van der Waals surface area contributed by atoms with E-state index < -0.39 is 11.4 Å². The third kappa shape index (κ3) is 4.10. The SMILES string of the molecule is CCC(C)(CCCOc1ccccc1)C(=O)O. The molecule has 0 aliphatic rings. The van der Waals surface area contributed by atoms with E-state index in [-0.39, 0.29) is 0 Å². The van der Waals surface area contributed by atoms with E-state index in [4.69, 9.17) is 9.84 Å². The summed E-state index contributed by atoms with van der Waals surface area (Å²) in [4.78, 5) is 11.1. The Hall–Kier alpha value is -1.51. The van der Waals surface area contributed by atoms with E-state index in [1.54, 1.807) is 6.92 Å². The highest BCUT2D eigenvalue weighted by Crippen LogP contribution is 2.27. The van der Waals surface area contributed by atoms with Crippen LogP contribution in [0.4, 0.5) is 0 Å². The fourth-order valence-corrected chi connectivity index (χ4v) is 1.60. The summed E-state index contributed by atoms with van der Waals surface area (Å²) in [6, 6.07) is 9.57. The molecule has 0 heterocycles. The van der Waals surface area contributed by atoms with Gasteiger partial charge in [0.1, 0.15) is 5.75 Å². The molecule has 0 amide bonds. The van der Waals surface area contributed by atoms with E-state index >= 15 is 0 Å². The van der Waals surface area contributed by atoms with Gasteiger partial charge in [0.25, 0.3) is 0 Å². The van der Waals surface area contributed by atoms with Gasteiger partial charge in [0, 0.05) is 0 Å². The second-order valence-corrected chi connectivity index (χ2v) is 4.48. The van der Waals surface area contributed by atoms with Crippen LogP contribution in [0.15, 0.2) is 30.3 Å². The lowest BCUT2D eigenvalue weighted by molar-refractivity contribution is -0.148. The van der Waals surface area contributed by atoms with Gasteiger partial charge in [-0.2, -0.15) is 0 Å². The minimum atomic E-state index is -0.722. The number of hydrogen-bond donors (Lipinski definition) is 1. The molecule has 3 heteroatoms. The Morgan fingerprint density at radius 1 is 1.35 bits per heavy atom. The molecule has 1 rings (SSSR count). The first-order valence-corrected chi connectivity index (χ1v) is 6.00. The quantitative estimate of drug-likeness (QED) is 0.738. The van der Waals surface area contributed by atoms with Crippen molar-refractivity contribution in [1.82, 2.24) is 0 Å². The van der Waals surface area contributed by atoms with Crippen LogP contribution < -0.4 is 4.74 Å². The lowest BCUT2D eigenvalue weighted by atomic mass is 9.83. The zero-order chi connectivity index (χ0) is 12.7. The Bertz CT molecular complexity index is 348. The Labute approximate surface area is 102 Å². The summed E-state index contributed by atoms with van der Waals surface area (Å²) < 4.78 is 5.53. The highest BCUT2D eigenvalue weighted by atomic mass is 16.5. The van der Waals surface area contributed by atoms with Crippen molar-refractivity contribution >= 4 is 5.97 Å². The van der Waals surface area contributed by atoms with Gasteiger partial charge in [-0.25, -0.2) is 0 Å². The molecule has 0 aliphatic heterocycles. The zero-order valence-electron chi connectivity index (χ0n) is 10.5. The molecule has 94 valence electrons. The van der Waals surface area contributed by atoms with E-state index in [2.05, 4.69) is 0 Å². The normalized spacial score (nSPS) is 14.0. The molecule has 0 spiro atoms. The third-order valence-corrected chi connectivity index (χ3v) is 3.18. The predicted molar refractivity (Wildman–Crippen MR) is 67.2 cm³/mol. The molecule has 1 aromatic carbocycles. The van der Waals surface area contributed by atoms with Crippen molar-refractivity contribution in [3.63, 3.8) is 0 Å². The van der Waals surface area contributed by atoms with E-state index in [0.717, 1.165) is 12.2 Å². The van der Waals surface area contributed by atoms with E-state index in [1.807, 2.05) is 37.3 Å². The van der Waals surface area contributed by atoms with Crippen LogP contribution in [0.2, 0.25) is 0 Å². The summed E-state index contributed by atoms with van der Waals surface area (Å²) in [6.45, 7) is 4.26. The second-order valence-electron chi connectivity index (χ2n) is 4.48. The lowest BCUT2D eigenvalue weighted by Gasteiger charge is -2.22. The largest absolute Gasteiger partial charge is 0.494 e. The summed E-state index contributed by atoms with van der Waals surface area (Å²) >= 11 is 0. The number of rotatable bonds is 7. The van der Waals surface area contributed by atoms with Crippen molar-refractivity contribution in [3.05, 3.63) is 30.3 Å². The first kappa shape index (κ1) is 13.6. The number of carbonyl (C=O) groups is 1. The molecule has 0 saturated carbocycles. The van der Waals surface area contributed by atoms with Crippen LogP contribution in [-0.2, 0) is 4.79 Å². The van der Waals surface area contributed by atoms with Crippen molar-refractivity contribution in [1.29, 1.82) is 0 Å². The van der Waals surface area contributed by atoms with Crippen LogP contribution in [0.25, 0.3) is 0 Å². The van der Waals surface area contributed by atoms with E-state index in [1.165, 1.54) is 0 Å². The molecule has 1 atom stereocenters. The van der Waals surface area contributed by atoms with Crippen molar-refractivity contribution in [2.24, 2.45) is 5.41 Å². The van der Waals surface area contributed by atoms with Crippen molar-refractivity contribution < 1.29 is 14.6 Å². The molecular weight excluding hydrogens is 216 g/mol. The molecule has 0 radical (unpaired) electrons. The molecule has 17 heavy (non-hydrogen) atoms. The number of carboxylic acids is 1. The fourth-order valence-electron chi connectivity index (χ4n) is 1.60. The van der Waals surface area contributed by atoms with Gasteiger partial charge < -0.3 is 9.84 Å². The Morgan fingerprint density at radius 3 is 2.53 bits per heavy atom. The molecule has 3 nitrogen and oxygen atoms in total. The highest BCUT2D eigenvalue weighted by molar-refractivity contribution is 5.73. The van der Waals surface area contributed by atoms with Gasteiger partial charge in [0.15, 0.2) is 0 Å². The molecule has 1 aromatic rings. The van der Waals surface area contributed by atoms with Crippen LogP contribution in [-0.4, -0.2) is 17.7 Å². The van der Waals surface area contributed by atoms with Crippen molar-refractivity contribution in [2.45, 2.75) is 33.1 Å². The average Bonchev–Trinajstić information content (AvgIpc) is 2.35. The second kappa shape index (κ2) is 6.28.